The van der Waals surface area contributed by atoms with Crippen molar-refractivity contribution in [1.29, 1.82) is 0 Å². The molecule has 0 fully saturated rings. The quantitative estimate of drug-likeness (QED) is 0.643. The van der Waals surface area contributed by atoms with Crippen LogP contribution in [-0.4, -0.2) is 7.05 Å². The fourth-order valence-corrected chi connectivity index (χ4v) is 5.25. The molecule has 1 atom stereocenters. The summed E-state index contributed by atoms with van der Waals surface area (Å²) in [5, 5.41) is 3.25. The van der Waals surface area contributed by atoms with E-state index in [1.807, 2.05) is 7.05 Å². The van der Waals surface area contributed by atoms with Crippen molar-refractivity contribution < 1.29 is 4.39 Å². The second-order valence-electron chi connectivity index (χ2n) is 3.67. The van der Waals surface area contributed by atoms with Gasteiger partial charge in [-0.1, -0.05) is 22.0 Å². The predicted octanol–water partition coefficient (Wildman–Crippen LogP) is 5.48. The zero-order valence-corrected chi connectivity index (χ0v) is 14.9. The van der Waals surface area contributed by atoms with E-state index in [4.69, 9.17) is 0 Å². The Kier molecular flexibility index (Phi) is 4.99. The minimum absolute atomic E-state index is 0.0110. The number of hydrogen-bond acceptors (Lipinski definition) is 2. The van der Waals surface area contributed by atoms with E-state index in [0.29, 0.717) is 0 Å². The monoisotopic (exact) mass is 455 g/mol. The van der Waals surface area contributed by atoms with Gasteiger partial charge in [-0.05, 0) is 68.2 Å². The molecule has 1 nitrogen and oxygen atoms in total. The van der Waals surface area contributed by atoms with Crippen LogP contribution < -0.4 is 5.32 Å². The summed E-state index contributed by atoms with van der Waals surface area (Å²) in [6.07, 6.45) is 0. The van der Waals surface area contributed by atoms with Gasteiger partial charge in [-0.3, -0.25) is 0 Å². The molecule has 0 aliphatic carbocycles. The van der Waals surface area contributed by atoms with Crippen molar-refractivity contribution in [3.05, 3.63) is 53.3 Å². The van der Waals surface area contributed by atoms with Gasteiger partial charge < -0.3 is 5.32 Å². The van der Waals surface area contributed by atoms with Crippen LogP contribution in [0.15, 0.2) is 36.3 Å². The summed E-state index contributed by atoms with van der Waals surface area (Å²) in [5.41, 5.74) is 2.13. The maximum atomic E-state index is 13.1. The Morgan fingerprint density at radius 2 is 1.89 bits per heavy atom. The molecule has 1 unspecified atom stereocenters. The lowest BCUT2D eigenvalue weighted by Crippen LogP contribution is -2.18. The number of hydrogen-bond donors (Lipinski definition) is 1. The molecule has 0 aliphatic rings. The third kappa shape index (κ3) is 3.04. The first-order valence-corrected chi connectivity index (χ1v) is 8.29. The minimum Gasteiger partial charge on any atom is -0.309 e. The fraction of sp³-hybridized carbons (Fsp3) is 0.167. The normalized spacial score (nSPS) is 12.7. The zero-order valence-electron chi connectivity index (χ0n) is 9.31. The standard InChI is InChI=1S/C12H9Br3FNS/c1-17-11(8-5-10(14)18-12(8)15)7-3-2-6(16)4-9(7)13/h2-5,11,17H,1H3. The molecule has 0 spiro atoms. The topological polar surface area (TPSA) is 12.0 Å². The molecule has 1 aromatic carbocycles. The lowest BCUT2D eigenvalue weighted by molar-refractivity contribution is 0.621. The Morgan fingerprint density at radius 1 is 1.17 bits per heavy atom. The van der Waals surface area contributed by atoms with Gasteiger partial charge in [0.2, 0.25) is 0 Å². The average molecular weight is 458 g/mol. The molecular formula is C12H9Br3FNS. The summed E-state index contributed by atoms with van der Waals surface area (Å²) >= 11 is 12.1. The molecule has 1 N–H and O–H groups in total. The molecule has 0 saturated heterocycles. The van der Waals surface area contributed by atoms with Crippen LogP contribution in [0.2, 0.25) is 0 Å². The van der Waals surface area contributed by atoms with Gasteiger partial charge in [-0.25, -0.2) is 4.39 Å². The smallest absolute Gasteiger partial charge is 0.124 e. The van der Waals surface area contributed by atoms with E-state index in [2.05, 4.69) is 59.2 Å². The second kappa shape index (κ2) is 6.13. The Morgan fingerprint density at radius 3 is 2.39 bits per heavy atom. The van der Waals surface area contributed by atoms with Gasteiger partial charge in [0, 0.05) is 4.47 Å². The summed E-state index contributed by atoms with van der Waals surface area (Å²) in [6, 6.07) is 6.82. The first kappa shape index (κ1) is 14.7. The lowest BCUT2D eigenvalue weighted by atomic mass is 10.0. The molecule has 6 heteroatoms. The van der Waals surface area contributed by atoms with Crippen LogP contribution in [0.5, 0.6) is 0 Å². The molecule has 96 valence electrons. The summed E-state index contributed by atoms with van der Waals surface area (Å²) in [6.45, 7) is 0. The first-order valence-electron chi connectivity index (χ1n) is 5.10. The van der Waals surface area contributed by atoms with Gasteiger partial charge in [0.15, 0.2) is 0 Å². The van der Waals surface area contributed by atoms with Crippen LogP contribution in [0, 0.1) is 5.82 Å². The highest BCUT2D eigenvalue weighted by Gasteiger charge is 2.19. The van der Waals surface area contributed by atoms with E-state index < -0.39 is 0 Å². The van der Waals surface area contributed by atoms with E-state index in [1.54, 1.807) is 17.4 Å². The van der Waals surface area contributed by atoms with Crippen molar-refractivity contribution in [2.45, 2.75) is 6.04 Å². The molecule has 0 saturated carbocycles. The number of rotatable bonds is 3. The van der Waals surface area contributed by atoms with Crippen LogP contribution >= 0.6 is 59.1 Å². The molecule has 0 radical (unpaired) electrons. The Labute approximate surface area is 134 Å². The summed E-state index contributed by atoms with van der Waals surface area (Å²) in [4.78, 5) is 0. The maximum Gasteiger partial charge on any atom is 0.124 e. The summed E-state index contributed by atoms with van der Waals surface area (Å²) in [7, 11) is 1.89. The van der Waals surface area contributed by atoms with Crippen molar-refractivity contribution in [2.24, 2.45) is 0 Å². The molecule has 0 aliphatic heterocycles. The molecule has 1 aromatic heterocycles. The molecule has 2 aromatic rings. The van der Waals surface area contributed by atoms with E-state index in [-0.39, 0.29) is 11.9 Å². The summed E-state index contributed by atoms with van der Waals surface area (Å²) in [5.74, 6) is -0.244. The van der Waals surface area contributed by atoms with Crippen molar-refractivity contribution in [1.82, 2.24) is 5.32 Å². The zero-order chi connectivity index (χ0) is 13.3. The van der Waals surface area contributed by atoms with E-state index in [1.165, 1.54) is 12.1 Å². The van der Waals surface area contributed by atoms with E-state index in [9.17, 15) is 4.39 Å². The van der Waals surface area contributed by atoms with Crippen LogP contribution in [0.25, 0.3) is 0 Å². The fourth-order valence-electron chi connectivity index (χ4n) is 1.76. The van der Waals surface area contributed by atoms with Gasteiger partial charge in [-0.15, -0.1) is 11.3 Å². The lowest BCUT2D eigenvalue weighted by Gasteiger charge is -2.18. The van der Waals surface area contributed by atoms with Crippen molar-refractivity contribution in [2.75, 3.05) is 7.05 Å². The second-order valence-corrected chi connectivity index (χ2v) is 8.27. The highest BCUT2D eigenvalue weighted by Crippen LogP contribution is 2.39. The SMILES string of the molecule is CNC(c1ccc(F)cc1Br)c1cc(Br)sc1Br. The molecule has 0 bridgehead atoms. The van der Waals surface area contributed by atoms with Gasteiger partial charge in [0.05, 0.1) is 13.6 Å². The molecule has 0 amide bonds. The van der Waals surface area contributed by atoms with Gasteiger partial charge >= 0.3 is 0 Å². The van der Waals surface area contributed by atoms with Crippen LogP contribution in [0.1, 0.15) is 17.2 Å². The third-order valence-electron chi connectivity index (χ3n) is 2.56. The van der Waals surface area contributed by atoms with E-state index >= 15 is 0 Å². The van der Waals surface area contributed by atoms with Crippen molar-refractivity contribution >= 4 is 59.1 Å². The van der Waals surface area contributed by atoms with Gasteiger partial charge in [-0.2, -0.15) is 0 Å². The predicted molar refractivity (Wildman–Crippen MR) is 84.7 cm³/mol. The Bertz CT molecular complexity index is 570. The highest BCUT2D eigenvalue weighted by atomic mass is 79.9. The highest BCUT2D eigenvalue weighted by molar-refractivity contribution is 9.12. The Balaban J connectivity index is 2.48. The van der Waals surface area contributed by atoms with Crippen LogP contribution in [0.4, 0.5) is 4.39 Å². The maximum absolute atomic E-state index is 13.1. The average Bonchev–Trinajstić information content (AvgIpc) is 2.62. The largest absolute Gasteiger partial charge is 0.309 e. The first-order chi connectivity index (χ1) is 8.52. The van der Waals surface area contributed by atoms with Gasteiger partial charge in [0.1, 0.15) is 5.82 Å². The van der Waals surface area contributed by atoms with Crippen molar-refractivity contribution in [3.8, 4) is 0 Å². The van der Waals surface area contributed by atoms with Gasteiger partial charge in [0.25, 0.3) is 0 Å². The van der Waals surface area contributed by atoms with E-state index in [0.717, 1.165) is 23.2 Å². The number of halogens is 4. The summed E-state index contributed by atoms with van der Waals surface area (Å²) < 4.78 is 16.0. The number of nitrogens with one attached hydrogen (secondary N) is 1. The van der Waals surface area contributed by atoms with Crippen molar-refractivity contribution in [3.63, 3.8) is 0 Å². The molecule has 18 heavy (non-hydrogen) atoms. The molecule has 1 heterocycles. The molecular weight excluding hydrogens is 449 g/mol. The minimum atomic E-state index is -0.244. The Hall–Kier alpha value is 0.250. The van der Waals surface area contributed by atoms with Crippen LogP contribution in [-0.2, 0) is 0 Å². The number of benzene rings is 1. The van der Waals surface area contributed by atoms with Crippen LogP contribution in [0.3, 0.4) is 0 Å². The third-order valence-corrected chi connectivity index (χ3v) is 5.63. The number of thiophene rings is 1. The molecule has 2 rings (SSSR count).